The van der Waals surface area contributed by atoms with E-state index in [0.717, 1.165) is 40.9 Å². The monoisotopic (exact) mass is 364 g/mol. The normalized spacial score (nSPS) is 17.1. The standard InChI is InChI=1S/C22H24N2O3/c1-27-19-8-7-16-13-17(21(25)23-20(16)14-19)15-24-11-9-22(26,10-12-24)18-5-3-2-4-6-18/h2-8,13-14,26H,9-12,15H2,1H3,(H,23,25). The Morgan fingerprint density at radius 2 is 1.85 bits per heavy atom. The Bertz CT molecular complexity index is 989. The molecule has 0 aliphatic carbocycles. The molecule has 140 valence electrons. The molecule has 0 amide bonds. The third-order valence-corrected chi connectivity index (χ3v) is 5.52. The molecule has 2 heterocycles. The highest BCUT2D eigenvalue weighted by molar-refractivity contribution is 5.80. The lowest BCUT2D eigenvalue weighted by molar-refractivity contribution is -0.0278. The first kappa shape index (κ1) is 17.8. The minimum atomic E-state index is -0.774. The van der Waals surface area contributed by atoms with Crippen molar-refractivity contribution in [1.29, 1.82) is 0 Å². The van der Waals surface area contributed by atoms with Crippen LogP contribution in [0.4, 0.5) is 0 Å². The van der Waals surface area contributed by atoms with Crippen molar-refractivity contribution >= 4 is 10.9 Å². The number of rotatable bonds is 4. The molecule has 2 aromatic carbocycles. The van der Waals surface area contributed by atoms with Crippen molar-refractivity contribution in [3.8, 4) is 5.75 Å². The first-order valence-electron chi connectivity index (χ1n) is 9.28. The van der Waals surface area contributed by atoms with Crippen LogP contribution in [0.5, 0.6) is 5.75 Å². The number of likely N-dealkylation sites (tertiary alicyclic amines) is 1. The number of methoxy groups -OCH3 is 1. The molecule has 0 radical (unpaired) electrons. The van der Waals surface area contributed by atoms with Crippen molar-refractivity contribution in [3.63, 3.8) is 0 Å². The van der Waals surface area contributed by atoms with Crippen LogP contribution < -0.4 is 10.3 Å². The number of piperidine rings is 1. The van der Waals surface area contributed by atoms with Gasteiger partial charge in [-0.3, -0.25) is 9.69 Å². The molecule has 1 aliphatic heterocycles. The second kappa shape index (κ2) is 7.18. The highest BCUT2D eigenvalue weighted by atomic mass is 16.5. The van der Waals surface area contributed by atoms with Crippen LogP contribution in [0, 0.1) is 0 Å². The molecule has 3 aromatic rings. The molecule has 5 heteroatoms. The fourth-order valence-corrected chi connectivity index (χ4v) is 3.83. The van der Waals surface area contributed by atoms with Crippen molar-refractivity contribution in [2.24, 2.45) is 0 Å². The lowest BCUT2D eigenvalue weighted by atomic mass is 9.84. The fraction of sp³-hybridized carbons (Fsp3) is 0.318. The van der Waals surface area contributed by atoms with Crippen molar-refractivity contribution < 1.29 is 9.84 Å². The summed E-state index contributed by atoms with van der Waals surface area (Å²) in [6.07, 6.45) is 1.33. The van der Waals surface area contributed by atoms with Crippen LogP contribution >= 0.6 is 0 Å². The first-order valence-corrected chi connectivity index (χ1v) is 9.28. The second-order valence-electron chi connectivity index (χ2n) is 7.25. The summed E-state index contributed by atoms with van der Waals surface area (Å²) in [5, 5.41) is 12.0. The van der Waals surface area contributed by atoms with Gasteiger partial charge in [0.1, 0.15) is 5.75 Å². The maximum Gasteiger partial charge on any atom is 0.252 e. The van der Waals surface area contributed by atoms with Crippen molar-refractivity contribution in [1.82, 2.24) is 9.88 Å². The van der Waals surface area contributed by atoms with Gasteiger partial charge >= 0.3 is 0 Å². The molecule has 0 atom stereocenters. The zero-order chi connectivity index (χ0) is 18.9. The molecule has 5 nitrogen and oxygen atoms in total. The van der Waals surface area contributed by atoms with Gasteiger partial charge < -0.3 is 14.8 Å². The van der Waals surface area contributed by atoms with Gasteiger partial charge in [-0.2, -0.15) is 0 Å². The minimum absolute atomic E-state index is 0.0698. The van der Waals surface area contributed by atoms with Gasteiger partial charge in [0.05, 0.1) is 18.2 Å². The number of benzene rings is 2. The fourth-order valence-electron chi connectivity index (χ4n) is 3.83. The van der Waals surface area contributed by atoms with Gasteiger partial charge in [0.25, 0.3) is 5.56 Å². The van der Waals surface area contributed by atoms with Crippen LogP contribution in [-0.4, -0.2) is 35.2 Å². The number of fused-ring (bicyclic) bond motifs is 1. The van der Waals surface area contributed by atoms with E-state index in [1.54, 1.807) is 7.11 Å². The van der Waals surface area contributed by atoms with Crippen LogP contribution in [0.1, 0.15) is 24.0 Å². The smallest absolute Gasteiger partial charge is 0.252 e. The minimum Gasteiger partial charge on any atom is -0.497 e. The zero-order valence-corrected chi connectivity index (χ0v) is 15.4. The summed E-state index contributed by atoms with van der Waals surface area (Å²) >= 11 is 0. The summed E-state index contributed by atoms with van der Waals surface area (Å²) in [6.45, 7) is 2.10. The highest BCUT2D eigenvalue weighted by Crippen LogP contribution is 2.33. The molecule has 0 spiro atoms. The number of aliphatic hydroxyl groups is 1. The summed E-state index contributed by atoms with van der Waals surface area (Å²) in [7, 11) is 1.61. The molecule has 1 saturated heterocycles. The molecule has 2 N–H and O–H groups in total. The Morgan fingerprint density at radius 3 is 2.56 bits per heavy atom. The maximum atomic E-state index is 12.5. The van der Waals surface area contributed by atoms with E-state index in [-0.39, 0.29) is 5.56 Å². The zero-order valence-electron chi connectivity index (χ0n) is 15.4. The predicted octanol–water partition coefficient (Wildman–Crippen LogP) is 3.02. The van der Waals surface area contributed by atoms with E-state index in [9.17, 15) is 9.90 Å². The number of nitrogens with one attached hydrogen (secondary N) is 1. The summed E-state index contributed by atoms with van der Waals surface area (Å²) in [5.41, 5.74) is 1.66. The predicted molar refractivity (Wildman–Crippen MR) is 106 cm³/mol. The molecule has 1 fully saturated rings. The molecule has 0 saturated carbocycles. The van der Waals surface area contributed by atoms with E-state index < -0.39 is 5.60 Å². The van der Waals surface area contributed by atoms with Gasteiger partial charge in [-0.25, -0.2) is 0 Å². The highest BCUT2D eigenvalue weighted by Gasteiger charge is 2.33. The number of hydrogen-bond donors (Lipinski definition) is 2. The summed E-state index contributed by atoms with van der Waals surface area (Å²) in [4.78, 5) is 17.7. The van der Waals surface area contributed by atoms with Crippen LogP contribution in [0.25, 0.3) is 10.9 Å². The Kier molecular flexibility index (Phi) is 4.72. The summed E-state index contributed by atoms with van der Waals surface area (Å²) < 4.78 is 5.22. The van der Waals surface area contributed by atoms with E-state index in [4.69, 9.17) is 4.74 Å². The molecule has 1 aliphatic rings. The SMILES string of the molecule is COc1ccc2cc(CN3CCC(O)(c4ccccc4)CC3)c(=O)[nH]c2c1. The molecule has 27 heavy (non-hydrogen) atoms. The lowest BCUT2D eigenvalue weighted by Crippen LogP contribution is -2.42. The average molecular weight is 364 g/mol. The Morgan fingerprint density at radius 1 is 1.11 bits per heavy atom. The average Bonchev–Trinajstić information content (AvgIpc) is 2.70. The van der Waals surface area contributed by atoms with Gasteiger partial charge in [-0.05, 0) is 42.0 Å². The van der Waals surface area contributed by atoms with Crippen molar-refractivity contribution in [3.05, 3.63) is 76.1 Å². The molecule has 4 rings (SSSR count). The lowest BCUT2D eigenvalue weighted by Gasteiger charge is -2.38. The third-order valence-electron chi connectivity index (χ3n) is 5.52. The van der Waals surface area contributed by atoms with E-state index in [2.05, 4.69) is 9.88 Å². The van der Waals surface area contributed by atoms with Crippen molar-refractivity contribution in [2.75, 3.05) is 20.2 Å². The van der Waals surface area contributed by atoms with Gasteiger partial charge in [-0.15, -0.1) is 0 Å². The number of aromatic nitrogens is 1. The Labute approximate surface area is 158 Å². The van der Waals surface area contributed by atoms with E-state index in [1.165, 1.54) is 0 Å². The molecule has 0 bridgehead atoms. The summed E-state index contributed by atoms with van der Waals surface area (Å²) in [6, 6.07) is 17.5. The van der Waals surface area contributed by atoms with E-state index in [1.807, 2.05) is 54.6 Å². The molecule has 0 unspecified atom stereocenters. The van der Waals surface area contributed by atoms with Crippen LogP contribution in [0.2, 0.25) is 0 Å². The first-order chi connectivity index (χ1) is 13.1. The van der Waals surface area contributed by atoms with E-state index in [0.29, 0.717) is 19.4 Å². The Hall–Kier alpha value is -2.63. The van der Waals surface area contributed by atoms with Gasteiger partial charge in [0.2, 0.25) is 0 Å². The Balaban J connectivity index is 1.49. The maximum absolute atomic E-state index is 12.5. The van der Waals surface area contributed by atoms with Gasteiger partial charge in [0, 0.05) is 31.3 Å². The quantitative estimate of drug-likeness (QED) is 0.747. The third kappa shape index (κ3) is 3.61. The number of ether oxygens (including phenoxy) is 1. The number of hydrogen-bond acceptors (Lipinski definition) is 4. The van der Waals surface area contributed by atoms with E-state index >= 15 is 0 Å². The molecular formula is C22H24N2O3. The van der Waals surface area contributed by atoms with Gasteiger partial charge in [-0.1, -0.05) is 30.3 Å². The molecule has 1 aromatic heterocycles. The number of aromatic amines is 1. The number of nitrogens with zero attached hydrogens (tertiary/aromatic N) is 1. The van der Waals surface area contributed by atoms with Crippen LogP contribution in [0.15, 0.2) is 59.4 Å². The van der Waals surface area contributed by atoms with Gasteiger partial charge in [0.15, 0.2) is 0 Å². The van der Waals surface area contributed by atoms with Crippen molar-refractivity contribution in [2.45, 2.75) is 25.0 Å². The molecular weight excluding hydrogens is 340 g/mol. The topological polar surface area (TPSA) is 65.6 Å². The summed E-state index contributed by atoms with van der Waals surface area (Å²) in [5.74, 6) is 0.724. The number of pyridine rings is 1. The second-order valence-corrected chi connectivity index (χ2v) is 7.25. The number of H-pyrrole nitrogens is 1. The van der Waals surface area contributed by atoms with Crippen LogP contribution in [-0.2, 0) is 12.1 Å². The van der Waals surface area contributed by atoms with Crippen LogP contribution in [0.3, 0.4) is 0 Å². The largest absolute Gasteiger partial charge is 0.497 e.